The van der Waals surface area contributed by atoms with Crippen LogP contribution in [0.1, 0.15) is 24.6 Å². The van der Waals surface area contributed by atoms with E-state index in [1.165, 1.54) is 0 Å². The molecule has 0 spiro atoms. The van der Waals surface area contributed by atoms with Crippen LogP contribution in [0.2, 0.25) is 5.02 Å². The first kappa shape index (κ1) is 15.8. The van der Waals surface area contributed by atoms with Gasteiger partial charge >= 0.3 is 0 Å². The van der Waals surface area contributed by atoms with Gasteiger partial charge in [-0.3, -0.25) is 4.79 Å². The van der Waals surface area contributed by atoms with Crippen LogP contribution in [0.15, 0.2) is 28.7 Å². The molecule has 0 saturated carbocycles. The van der Waals surface area contributed by atoms with Crippen molar-refractivity contribution in [1.29, 1.82) is 0 Å². The van der Waals surface area contributed by atoms with Gasteiger partial charge < -0.3 is 14.6 Å². The van der Waals surface area contributed by atoms with Crippen molar-refractivity contribution < 1.29 is 9.21 Å². The van der Waals surface area contributed by atoms with E-state index in [0.717, 1.165) is 36.6 Å². The molecule has 3 rings (SSSR count). The Labute approximate surface area is 139 Å². The van der Waals surface area contributed by atoms with Crippen LogP contribution in [-0.2, 0) is 11.2 Å². The van der Waals surface area contributed by atoms with E-state index in [-0.39, 0.29) is 18.4 Å². The molecule has 1 saturated heterocycles. The highest BCUT2D eigenvalue weighted by Gasteiger charge is 2.23. The minimum atomic E-state index is -0.0975. The minimum absolute atomic E-state index is 0.0940. The van der Waals surface area contributed by atoms with Gasteiger partial charge in [0.2, 0.25) is 17.7 Å². The molecule has 2 heterocycles. The Morgan fingerprint density at radius 3 is 3.00 bits per heavy atom. The number of aromatic nitrogens is 2. The summed E-state index contributed by atoms with van der Waals surface area (Å²) in [5, 5.41) is 11.4. The van der Waals surface area contributed by atoms with E-state index in [1.807, 2.05) is 24.3 Å². The SMILES string of the molecule is Cc1nnc(CC(=O)NC2CCCN(c3ccccc3Cl)C2)o1. The number of aryl methyl sites for hydroxylation is 1. The highest BCUT2D eigenvalue weighted by atomic mass is 35.5. The molecule has 7 heteroatoms. The largest absolute Gasteiger partial charge is 0.425 e. The normalized spacial score (nSPS) is 18.0. The summed E-state index contributed by atoms with van der Waals surface area (Å²) in [5.41, 5.74) is 1.01. The van der Waals surface area contributed by atoms with Crippen molar-refractivity contribution in [2.24, 2.45) is 0 Å². The molecule has 1 unspecified atom stereocenters. The molecule has 0 aliphatic carbocycles. The molecule has 1 fully saturated rings. The second-order valence-electron chi connectivity index (χ2n) is 5.70. The lowest BCUT2D eigenvalue weighted by Crippen LogP contribution is -2.48. The predicted octanol–water partition coefficient (Wildman–Crippen LogP) is 2.36. The van der Waals surface area contributed by atoms with Crippen molar-refractivity contribution in [2.75, 3.05) is 18.0 Å². The van der Waals surface area contributed by atoms with Crippen molar-refractivity contribution in [1.82, 2.24) is 15.5 Å². The van der Waals surface area contributed by atoms with Gasteiger partial charge in [-0.1, -0.05) is 23.7 Å². The Hall–Kier alpha value is -2.08. The van der Waals surface area contributed by atoms with Crippen LogP contribution in [-0.4, -0.2) is 35.2 Å². The lowest BCUT2D eigenvalue weighted by Gasteiger charge is -2.35. The lowest BCUT2D eigenvalue weighted by molar-refractivity contribution is -0.121. The fourth-order valence-corrected chi connectivity index (χ4v) is 3.10. The van der Waals surface area contributed by atoms with Crippen LogP contribution in [0.3, 0.4) is 0 Å². The molecule has 1 aromatic carbocycles. The summed E-state index contributed by atoms with van der Waals surface area (Å²) >= 11 is 6.26. The van der Waals surface area contributed by atoms with E-state index in [0.29, 0.717) is 11.8 Å². The molecule has 122 valence electrons. The van der Waals surface area contributed by atoms with E-state index in [4.69, 9.17) is 16.0 Å². The zero-order valence-electron chi connectivity index (χ0n) is 13.0. The molecule has 6 nitrogen and oxygen atoms in total. The van der Waals surface area contributed by atoms with E-state index >= 15 is 0 Å². The maximum atomic E-state index is 12.1. The molecular weight excluding hydrogens is 316 g/mol. The highest BCUT2D eigenvalue weighted by Crippen LogP contribution is 2.27. The van der Waals surface area contributed by atoms with Crippen molar-refractivity contribution in [3.8, 4) is 0 Å². The molecular formula is C16H19ClN4O2. The lowest BCUT2D eigenvalue weighted by atomic mass is 10.0. The second kappa shape index (κ2) is 7.00. The van der Waals surface area contributed by atoms with E-state index < -0.39 is 0 Å². The van der Waals surface area contributed by atoms with Crippen LogP contribution in [0, 0.1) is 6.92 Å². The second-order valence-corrected chi connectivity index (χ2v) is 6.10. The van der Waals surface area contributed by atoms with Gasteiger partial charge in [0.15, 0.2) is 0 Å². The van der Waals surface area contributed by atoms with Gasteiger partial charge in [-0.25, -0.2) is 0 Å². The quantitative estimate of drug-likeness (QED) is 0.929. The molecule has 1 aliphatic rings. The number of halogens is 1. The number of para-hydroxylation sites is 1. The number of nitrogens with one attached hydrogen (secondary N) is 1. The van der Waals surface area contributed by atoms with Crippen LogP contribution in [0.25, 0.3) is 0 Å². The molecule has 1 aliphatic heterocycles. The molecule has 2 aromatic rings. The zero-order chi connectivity index (χ0) is 16.2. The number of piperidine rings is 1. The average Bonchev–Trinajstić information content (AvgIpc) is 2.93. The maximum absolute atomic E-state index is 12.1. The number of nitrogens with zero attached hydrogens (tertiary/aromatic N) is 3. The monoisotopic (exact) mass is 334 g/mol. The fourth-order valence-electron chi connectivity index (χ4n) is 2.85. The summed E-state index contributed by atoms with van der Waals surface area (Å²) in [4.78, 5) is 14.3. The number of amides is 1. The van der Waals surface area contributed by atoms with Gasteiger partial charge in [0.1, 0.15) is 6.42 Å². The van der Waals surface area contributed by atoms with Gasteiger partial charge in [-0.05, 0) is 25.0 Å². The molecule has 23 heavy (non-hydrogen) atoms. The zero-order valence-corrected chi connectivity index (χ0v) is 13.7. The predicted molar refractivity (Wildman–Crippen MR) is 87.6 cm³/mol. The molecule has 0 radical (unpaired) electrons. The van der Waals surface area contributed by atoms with Crippen LogP contribution in [0.5, 0.6) is 0 Å². The van der Waals surface area contributed by atoms with Crippen molar-refractivity contribution in [3.05, 3.63) is 41.1 Å². The Morgan fingerprint density at radius 2 is 2.26 bits per heavy atom. The number of benzene rings is 1. The van der Waals surface area contributed by atoms with E-state index in [2.05, 4.69) is 20.4 Å². The van der Waals surface area contributed by atoms with Crippen molar-refractivity contribution in [3.63, 3.8) is 0 Å². The third-order valence-electron chi connectivity index (χ3n) is 3.86. The summed E-state index contributed by atoms with van der Waals surface area (Å²) < 4.78 is 5.24. The summed E-state index contributed by atoms with van der Waals surface area (Å²) in [5.74, 6) is 0.716. The first-order chi connectivity index (χ1) is 11.1. The minimum Gasteiger partial charge on any atom is -0.425 e. The van der Waals surface area contributed by atoms with Crippen LogP contribution in [0.4, 0.5) is 5.69 Å². The average molecular weight is 335 g/mol. The number of anilines is 1. The summed E-state index contributed by atoms with van der Waals surface area (Å²) in [7, 11) is 0. The Balaban J connectivity index is 1.58. The number of hydrogen-bond acceptors (Lipinski definition) is 5. The van der Waals surface area contributed by atoms with Crippen LogP contribution >= 0.6 is 11.6 Å². The Bertz CT molecular complexity index is 688. The van der Waals surface area contributed by atoms with E-state index in [9.17, 15) is 4.79 Å². The Kier molecular flexibility index (Phi) is 4.81. The summed E-state index contributed by atoms with van der Waals surface area (Å²) in [6.07, 6.45) is 2.08. The molecule has 0 bridgehead atoms. The molecule has 1 N–H and O–H groups in total. The van der Waals surface area contributed by atoms with Crippen molar-refractivity contribution >= 4 is 23.2 Å². The third-order valence-corrected chi connectivity index (χ3v) is 4.18. The smallest absolute Gasteiger partial charge is 0.229 e. The number of carbonyl (C=O) groups excluding carboxylic acids is 1. The summed E-state index contributed by atoms with van der Waals surface area (Å²) in [6.45, 7) is 3.40. The first-order valence-corrected chi connectivity index (χ1v) is 8.07. The van der Waals surface area contributed by atoms with Crippen molar-refractivity contribution in [2.45, 2.75) is 32.2 Å². The number of carbonyl (C=O) groups is 1. The first-order valence-electron chi connectivity index (χ1n) is 7.69. The Morgan fingerprint density at radius 1 is 1.43 bits per heavy atom. The molecule has 1 amide bonds. The number of hydrogen-bond donors (Lipinski definition) is 1. The highest BCUT2D eigenvalue weighted by molar-refractivity contribution is 6.33. The molecule has 1 aromatic heterocycles. The topological polar surface area (TPSA) is 71.3 Å². The third kappa shape index (κ3) is 4.01. The standard InChI is InChI=1S/C16H19ClN4O2/c1-11-19-20-16(23-11)9-15(22)18-12-5-4-8-21(10-12)14-7-3-2-6-13(14)17/h2-3,6-7,12H,4-5,8-10H2,1H3,(H,18,22). The van der Waals surface area contributed by atoms with Crippen LogP contribution < -0.4 is 10.2 Å². The van der Waals surface area contributed by atoms with Gasteiger partial charge in [0.05, 0.1) is 10.7 Å². The van der Waals surface area contributed by atoms with Gasteiger partial charge in [-0.2, -0.15) is 0 Å². The summed E-state index contributed by atoms with van der Waals surface area (Å²) in [6, 6.07) is 7.88. The van der Waals surface area contributed by atoms with E-state index in [1.54, 1.807) is 6.92 Å². The number of rotatable bonds is 4. The van der Waals surface area contributed by atoms with Gasteiger partial charge in [0.25, 0.3) is 0 Å². The van der Waals surface area contributed by atoms with Gasteiger partial charge in [0, 0.05) is 26.1 Å². The maximum Gasteiger partial charge on any atom is 0.229 e. The molecule has 1 atom stereocenters. The fraction of sp³-hybridized carbons (Fsp3) is 0.438. The van der Waals surface area contributed by atoms with Gasteiger partial charge in [-0.15, -0.1) is 10.2 Å².